The van der Waals surface area contributed by atoms with Crippen molar-refractivity contribution in [1.82, 2.24) is 5.32 Å². The molecule has 0 heterocycles. The SMILES string of the molecule is C=CCN[C@@H](CO)C(C)C. The molecule has 0 aromatic carbocycles. The highest BCUT2D eigenvalue weighted by atomic mass is 16.3. The first-order valence-corrected chi connectivity index (χ1v) is 3.67. The Morgan fingerprint density at radius 1 is 1.60 bits per heavy atom. The van der Waals surface area contributed by atoms with Gasteiger partial charge in [0.1, 0.15) is 0 Å². The van der Waals surface area contributed by atoms with Crippen LogP contribution in [0, 0.1) is 5.92 Å². The fraction of sp³-hybridized carbons (Fsp3) is 0.750. The Hall–Kier alpha value is -0.340. The largest absolute Gasteiger partial charge is 0.395 e. The normalized spacial score (nSPS) is 13.6. The molecule has 0 amide bonds. The van der Waals surface area contributed by atoms with E-state index in [-0.39, 0.29) is 12.6 Å². The molecule has 2 nitrogen and oxygen atoms in total. The van der Waals surface area contributed by atoms with Crippen molar-refractivity contribution in [3.05, 3.63) is 12.7 Å². The summed E-state index contributed by atoms with van der Waals surface area (Å²) in [6.45, 7) is 8.71. The minimum Gasteiger partial charge on any atom is -0.395 e. The third kappa shape index (κ3) is 3.64. The number of aliphatic hydroxyl groups excluding tert-OH is 1. The van der Waals surface area contributed by atoms with Crippen LogP contribution in [0.1, 0.15) is 13.8 Å². The van der Waals surface area contributed by atoms with Crippen molar-refractivity contribution in [2.45, 2.75) is 19.9 Å². The second-order valence-electron chi connectivity index (χ2n) is 2.73. The molecule has 10 heavy (non-hydrogen) atoms. The molecule has 0 aliphatic heterocycles. The van der Waals surface area contributed by atoms with Crippen molar-refractivity contribution in [3.63, 3.8) is 0 Å². The predicted molar refractivity (Wildman–Crippen MR) is 43.9 cm³/mol. The van der Waals surface area contributed by atoms with Gasteiger partial charge < -0.3 is 10.4 Å². The molecule has 0 unspecified atom stereocenters. The van der Waals surface area contributed by atoms with Crippen LogP contribution in [0.5, 0.6) is 0 Å². The highest BCUT2D eigenvalue weighted by Gasteiger charge is 2.08. The molecule has 0 spiro atoms. The van der Waals surface area contributed by atoms with E-state index in [1.807, 2.05) is 0 Å². The van der Waals surface area contributed by atoms with Gasteiger partial charge in [0.05, 0.1) is 6.61 Å². The minimum absolute atomic E-state index is 0.200. The lowest BCUT2D eigenvalue weighted by Crippen LogP contribution is -2.36. The average Bonchev–Trinajstić information content (AvgIpc) is 1.89. The topological polar surface area (TPSA) is 32.3 Å². The Morgan fingerprint density at radius 3 is 2.50 bits per heavy atom. The van der Waals surface area contributed by atoms with Crippen LogP contribution in [0.15, 0.2) is 12.7 Å². The van der Waals surface area contributed by atoms with E-state index >= 15 is 0 Å². The zero-order chi connectivity index (χ0) is 7.98. The summed E-state index contributed by atoms with van der Waals surface area (Å²) in [6.07, 6.45) is 1.80. The smallest absolute Gasteiger partial charge is 0.0587 e. The van der Waals surface area contributed by atoms with Crippen molar-refractivity contribution in [2.24, 2.45) is 5.92 Å². The van der Waals surface area contributed by atoms with Crippen LogP contribution in [-0.4, -0.2) is 24.3 Å². The Bertz CT molecular complexity index is 91.3. The second kappa shape index (κ2) is 5.45. The van der Waals surface area contributed by atoms with Gasteiger partial charge in [0.25, 0.3) is 0 Å². The van der Waals surface area contributed by atoms with Crippen molar-refractivity contribution < 1.29 is 5.11 Å². The molecule has 0 radical (unpaired) electrons. The Balaban J connectivity index is 3.49. The van der Waals surface area contributed by atoms with Crippen LogP contribution in [0.4, 0.5) is 0 Å². The molecule has 0 rings (SSSR count). The third-order valence-corrected chi connectivity index (χ3v) is 1.53. The zero-order valence-corrected chi connectivity index (χ0v) is 6.80. The van der Waals surface area contributed by atoms with E-state index in [1.54, 1.807) is 6.08 Å². The summed E-state index contributed by atoms with van der Waals surface area (Å²) in [5.74, 6) is 0.477. The number of aliphatic hydroxyl groups is 1. The van der Waals surface area contributed by atoms with Gasteiger partial charge in [0, 0.05) is 12.6 Å². The van der Waals surface area contributed by atoms with Crippen LogP contribution < -0.4 is 5.32 Å². The molecule has 0 bridgehead atoms. The molecule has 1 atom stereocenters. The fourth-order valence-corrected chi connectivity index (χ4v) is 0.746. The van der Waals surface area contributed by atoms with Gasteiger partial charge in [-0.3, -0.25) is 0 Å². The molecule has 60 valence electrons. The lowest BCUT2D eigenvalue weighted by atomic mass is 10.1. The van der Waals surface area contributed by atoms with Gasteiger partial charge in [-0.2, -0.15) is 0 Å². The molecule has 2 N–H and O–H groups in total. The minimum atomic E-state index is 0.200. The first kappa shape index (κ1) is 9.66. The van der Waals surface area contributed by atoms with E-state index in [1.165, 1.54) is 0 Å². The van der Waals surface area contributed by atoms with Crippen LogP contribution >= 0.6 is 0 Å². The van der Waals surface area contributed by atoms with Crippen molar-refractivity contribution >= 4 is 0 Å². The van der Waals surface area contributed by atoms with Crippen LogP contribution in [0.2, 0.25) is 0 Å². The fourth-order valence-electron chi connectivity index (χ4n) is 0.746. The number of hydrogen-bond acceptors (Lipinski definition) is 2. The lowest BCUT2D eigenvalue weighted by molar-refractivity contribution is 0.215. The molecule has 0 aromatic rings. The first-order chi connectivity index (χ1) is 4.72. The van der Waals surface area contributed by atoms with E-state index in [2.05, 4.69) is 25.7 Å². The van der Waals surface area contributed by atoms with Crippen LogP contribution in [0.25, 0.3) is 0 Å². The Kier molecular flexibility index (Phi) is 5.26. The van der Waals surface area contributed by atoms with E-state index in [0.29, 0.717) is 5.92 Å². The van der Waals surface area contributed by atoms with Gasteiger partial charge in [0.2, 0.25) is 0 Å². The lowest BCUT2D eigenvalue weighted by Gasteiger charge is -2.18. The van der Waals surface area contributed by atoms with E-state index in [0.717, 1.165) is 6.54 Å². The molecule has 0 aliphatic carbocycles. The number of hydrogen-bond donors (Lipinski definition) is 2. The molecule has 0 aliphatic rings. The summed E-state index contributed by atoms with van der Waals surface area (Å²) in [4.78, 5) is 0. The molecule has 0 fully saturated rings. The summed E-state index contributed by atoms with van der Waals surface area (Å²) >= 11 is 0. The second-order valence-corrected chi connectivity index (χ2v) is 2.73. The molecule has 0 saturated carbocycles. The van der Waals surface area contributed by atoms with Crippen molar-refractivity contribution in [3.8, 4) is 0 Å². The van der Waals surface area contributed by atoms with Crippen molar-refractivity contribution in [1.29, 1.82) is 0 Å². The van der Waals surface area contributed by atoms with Crippen LogP contribution in [0.3, 0.4) is 0 Å². The first-order valence-electron chi connectivity index (χ1n) is 3.67. The summed E-state index contributed by atoms with van der Waals surface area (Å²) in [5.41, 5.74) is 0. The molecule has 0 saturated heterocycles. The number of nitrogens with one attached hydrogen (secondary N) is 1. The molecular formula is C8H17NO. The monoisotopic (exact) mass is 143 g/mol. The van der Waals surface area contributed by atoms with Gasteiger partial charge >= 0.3 is 0 Å². The summed E-state index contributed by atoms with van der Waals surface area (Å²) < 4.78 is 0. The average molecular weight is 143 g/mol. The van der Waals surface area contributed by atoms with E-state index in [9.17, 15) is 0 Å². The molecular weight excluding hydrogens is 126 g/mol. The Morgan fingerprint density at radius 2 is 2.20 bits per heavy atom. The molecule has 0 aromatic heterocycles. The van der Waals surface area contributed by atoms with Gasteiger partial charge in [-0.1, -0.05) is 19.9 Å². The Labute approximate surface area is 62.9 Å². The van der Waals surface area contributed by atoms with Crippen molar-refractivity contribution in [2.75, 3.05) is 13.2 Å². The number of rotatable bonds is 5. The maximum atomic E-state index is 8.83. The maximum Gasteiger partial charge on any atom is 0.0587 e. The quantitative estimate of drug-likeness (QED) is 0.557. The third-order valence-electron chi connectivity index (χ3n) is 1.53. The summed E-state index contributed by atoms with van der Waals surface area (Å²) in [6, 6.07) is 0.206. The standard InChI is InChI=1S/C8H17NO/c1-4-5-9-8(6-10)7(2)3/h4,7-10H,1,5-6H2,2-3H3/t8-/m0/s1. The highest BCUT2D eigenvalue weighted by Crippen LogP contribution is 1.98. The van der Waals surface area contributed by atoms with Crippen LogP contribution in [-0.2, 0) is 0 Å². The summed E-state index contributed by atoms with van der Waals surface area (Å²) in [7, 11) is 0. The van der Waals surface area contributed by atoms with E-state index < -0.39 is 0 Å². The van der Waals surface area contributed by atoms with Gasteiger partial charge in [-0.25, -0.2) is 0 Å². The maximum absolute atomic E-state index is 8.83. The zero-order valence-electron chi connectivity index (χ0n) is 6.80. The highest BCUT2D eigenvalue weighted by molar-refractivity contribution is 4.76. The van der Waals surface area contributed by atoms with E-state index in [4.69, 9.17) is 5.11 Å². The summed E-state index contributed by atoms with van der Waals surface area (Å²) in [5, 5.41) is 12.0. The van der Waals surface area contributed by atoms with Gasteiger partial charge in [-0.15, -0.1) is 6.58 Å². The van der Waals surface area contributed by atoms with Gasteiger partial charge in [-0.05, 0) is 5.92 Å². The molecule has 2 heteroatoms. The van der Waals surface area contributed by atoms with Gasteiger partial charge in [0.15, 0.2) is 0 Å². The predicted octanol–water partition coefficient (Wildman–Crippen LogP) is 0.779.